The van der Waals surface area contributed by atoms with Crippen molar-refractivity contribution in [3.05, 3.63) is 101 Å². The number of fused-ring (bicyclic) bond motifs is 3. The van der Waals surface area contributed by atoms with Gasteiger partial charge in [-0.2, -0.15) is 0 Å². The van der Waals surface area contributed by atoms with Crippen molar-refractivity contribution in [2.24, 2.45) is 0 Å². The van der Waals surface area contributed by atoms with Gasteiger partial charge in [0.05, 0.1) is 5.69 Å². The molecule has 7 heteroatoms. The number of anilines is 2. The summed E-state index contributed by atoms with van der Waals surface area (Å²) in [6.07, 6.45) is 1.66. The largest absolute Gasteiger partial charge is 0.344 e. The minimum absolute atomic E-state index is 0.203. The molecule has 0 amide bonds. The van der Waals surface area contributed by atoms with E-state index in [1.54, 1.807) is 47.9 Å². The van der Waals surface area contributed by atoms with Crippen molar-refractivity contribution in [2.45, 2.75) is 30.4 Å². The summed E-state index contributed by atoms with van der Waals surface area (Å²) in [5.41, 5.74) is 3.36. The fourth-order valence-electron chi connectivity index (χ4n) is 4.94. The number of allylic oxidation sites excluding steroid dienone is 2. The number of carbonyl (C=O) groups excluding carboxylic acids is 1. The number of benzene rings is 3. The number of sulfonamides is 1. The number of carbonyl (C=O) groups is 1. The molecule has 0 saturated carbocycles. The van der Waals surface area contributed by atoms with Crippen LogP contribution in [0.25, 0.3) is 10.8 Å². The Bertz CT molecular complexity index is 1570. The molecule has 4 aromatic rings. The quantitative estimate of drug-likeness (QED) is 0.239. The first-order valence-electron chi connectivity index (χ1n) is 11.5. The van der Waals surface area contributed by atoms with Crippen molar-refractivity contribution in [1.82, 2.24) is 0 Å². The number of hydrogen-bond donors (Lipinski definition) is 1. The topological polar surface area (TPSA) is 66.5 Å². The summed E-state index contributed by atoms with van der Waals surface area (Å²) in [4.78, 5) is 15.8. The average Bonchev–Trinajstić information content (AvgIpc) is 3.46. The molecule has 0 spiro atoms. The number of likely N-dealkylation sites (N-methyl/N-ethyl adjacent to an activating group) is 1. The Morgan fingerprint density at radius 1 is 1.00 bits per heavy atom. The van der Waals surface area contributed by atoms with E-state index in [9.17, 15) is 13.2 Å². The SMILES string of the molecule is CCN1/C(=C/C(=O)c2ccccc2NS(=O)(=O)c2cccs2)C(C)(C)c2c1ccc1ccccc21. The van der Waals surface area contributed by atoms with Crippen molar-refractivity contribution in [2.75, 3.05) is 16.2 Å². The minimum Gasteiger partial charge on any atom is -0.344 e. The molecule has 2 heterocycles. The van der Waals surface area contributed by atoms with Crippen molar-refractivity contribution < 1.29 is 13.2 Å². The first-order chi connectivity index (χ1) is 16.7. The zero-order chi connectivity index (χ0) is 24.8. The number of nitrogens with one attached hydrogen (secondary N) is 1. The van der Waals surface area contributed by atoms with Gasteiger partial charge < -0.3 is 4.90 Å². The summed E-state index contributed by atoms with van der Waals surface area (Å²) in [7, 11) is -3.77. The van der Waals surface area contributed by atoms with Gasteiger partial charge in [0.15, 0.2) is 5.78 Å². The lowest BCUT2D eigenvalue weighted by atomic mass is 9.80. The second-order valence-corrected chi connectivity index (χ2v) is 11.9. The molecule has 1 N–H and O–H groups in total. The Morgan fingerprint density at radius 2 is 1.74 bits per heavy atom. The smallest absolute Gasteiger partial charge is 0.271 e. The standard InChI is InChI=1S/C28H26N2O3S2/c1-4-30-23-16-15-19-10-5-6-11-20(19)27(23)28(2,3)25(30)18-24(31)21-12-7-8-13-22(21)29-35(32,33)26-14-9-17-34-26/h5-18,29H,4H2,1-3H3/b25-18+. The van der Waals surface area contributed by atoms with Gasteiger partial charge in [0, 0.05) is 35.0 Å². The predicted molar refractivity (Wildman–Crippen MR) is 144 cm³/mol. The molecule has 178 valence electrons. The second kappa shape index (κ2) is 8.66. The normalized spacial score (nSPS) is 16.0. The van der Waals surface area contributed by atoms with Crippen LogP contribution in [0, 0.1) is 0 Å². The first-order valence-corrected chi connectivity index (χ1v) is 13.8. The van der Waals surface area contributed by atoms with E-state index < -0.39 is 15.4 Å². The molecule has 0 atom stereocenters. The molecule has 0 unspecified atom stereocenters. The van der Waals surface area contributed by atoms with Gasteiger partial charge in [-0.05, 0) is 52.9 Å². The minimum atomic E-state index is -3.77. The van der Waals surface area contributed by atoms with Crippen LogP contribution in [0.2, 0.25) is 0 Å². The number of rotatable bonds is 6. The van der Waals surface area contributed by atoms with E-state index in [1.807, 2.05) is 12.1 Å². The number of hydrogen-bond acceptors (Lipinski definition) is 5. The Kier molecular flexibility index (Phi) is 5.77. The van der Waals surface area contributed by atoms with E-state index in [-0.39, 0.29) is 15.7 Å². The van der Waals surface area contributed by atoms with Crippen LogP contribution in [0.4, 0.5) is 11.4 Å². The van der Waals surface area contributed by atoms with E-state index in [1.165, 1.54) is 10.9 Å². The molecule has 5 nitrogen and oxygen atoms in total. The third-order valence-corrected chi connectivity index (χ3v) is 9.30. The fourth-order valence-corrected chi connectivity index (χ4v) is 7.01. The molecule has 1 aromatic heterocycles. The lowest BCUT2D eigenvalue weighted by Gasteiger charge is -2.26. The van der Waals surface area contributed by atoms with Crippen molar-refractivity contribution in [3.63, 3.8) is 0 Å². The summed E-state index contributed by atoms with van der Waals surface area (Å²) in [6, 6.07) is 22.5. The molecule has 0 saturated heterocycles. The van der Waals surface area contributed by atoms with Crippen LogP contribution in [0.5, 0.6) is 0 Å². The molecule has 0 bridgehead atoms. The van der Waals surface area contributed by atoms with Crippen molar-refractivity contribution in [1.29, 1.82) is 0 Å². The summed E-state index contributed by atoms with van der Waals surface area (Å²) in [5, 5.41) is 4.04. The maximum atomic E-state index is 13.6. The van der Waals surface area contributed by atoms with E-state index in [2.05, 4.69) is 54.7 Å². The molecule has 0 radical (unpaired) electrons. The van der Waals surface area contributed by atoms with Gasteiger partial charge in [-0.25, -0.2) is 8.42 Å². The molecule has 0 fully saturated rings. The van der Waals surface area contributed by atoms with Crippen molar-refractivity contribution in [3.8, 4) is 0 Å². The van der Waals surface area contributed by atoms with Crippen LogP contribution in [-0.2, 0) is 15.4 Å². The summed E-state index contributed by atoms with van der Waals surface area (Å²) in [6.45, 7) is 7.05. The van der Waals surface area contributed by atoms with Crippen LogP contribution >= 0.6 is 11.3 Å². The molecule has 0 aliphatic carbocycles. The predicted octanol–water partition coefficient (Wildman–Crippen LogP) is 6.59. The van der Waals surface area contributed by atoms with Gasteiger partial charge in [-0.1, -0.05) is 62.4 Å². The fraction of sp³-hybridized carbons (Fsp3) is 0.179. The monoisotopic (exact) mass is 502 g/mol. The Labute approximate surface area is 209 Å². The summed E-state index contributed by atoms with van der Waals surface area (Å²) < 4.78 is 28.4. The zero-order valence-corrected chi connectivity index (χ0v) is 21.4. The van der Waals surface area contributed by atoms with E-state index in [4.69, 9.17) is 0 Å². The summed E-state index contributed by atoms with van der Waals surface area (Å²) in [5.74, 6) is -0.242. The van der Waals surface area contributed by atoms with Crippen LogP contribution in [0.1, 0.15) is 36.7 Å². The Hall–Kier alpha value is -3.42. The van der Waals surface area contributed by atoms with Gasteiger partial charge in [0.2, 0.25) is 0 Å². The van der Waals surface area contributed by atoms with Crippen LogP contribution in [0.15, 0.2) is 94.2 Å². The molecular weight excluding hydrogens is 476 g/mol. The second-order valence-electron chi connectivity index (χ2n) is 9.03. The van der Waals surface area contributed by atoms with E-state index in [0.717, 1.165) is 28.1 Å². The lowest BCUT2D eigenvalue weighted by Crippen LogP contribution is -2.27. The van der Waals surface area contributed by atoms with Crippen LogP contribution in [-0.4, -0.2) is 20.7 Å². The van der Waals surface area contributed by atoms with Crippen molar-refractivity contribution >= 4 is 49.3 Å². The number of nitrogens with zero attached hydrogens (tertiary/aromatic N) is 1. The van der Waals surface area contributed by atoms with Gasteiger partial charge >= 0.3 is 0 Å². The number of thiophene rings is 1. The number of para-hydroxylation sites is 1. The molecule has 35 heavy (non-hydrogen) atoms. The molecular formula is C28H26N2O3S2. The van der Waals surface area contributed by atoms with E-state index in [0.29, 0.717) is 12.1 Å². The zero-order valence-electron chi connectivity index (χ0n) is 19.8. The summed E-state index contributed by atoms with van der Waals surface area (Å²) >= 11 is 1.13. The maximum Gasteiger partial charge on any atom is 0.271 e. The lowest BCUT2D eigenvalue weighted by molar-refractivity contribution is 0.104. The highest BCUT2D eigenvalue weighted by molar-refractivity contribution is 7.94. The molecule has 1 aliphatic rings. The molecule has 1 aliphatic heterocycles. The average molecular weight is 503 g/mol. The third kappa shape index (κ3) is 3.94. The third-order valence-electron chi connectivity index (χ3n) is 6.53. The Morgan fingerprint density at radius 3 is 2.49 bits per heavy atom. The van der Waals surface area contributed by atoms with Crippen LogP contribution < -0.4 is 9.62 Å². The van der Waals surface area contributed by atoms with Gasteiger partial charge in [0.25, 0.3) is 10.0 Å². The molecule has 3 aromatic carbocycles. The maximum absolute atomic E-state index is 13.6. The number of ketones is 1. The highest BCUT2D eigenvalue weighted by Crippen LogP contribution is 2.50. The Balaban J connectivity index is 1.58. The van der Waals surface area contributed by atoms with Crippen LogP contribution in [0.3, 0.4) is 0 Å². The van der Waals surface area contributed by atoms with Gasteiger partial charge in [-0.15, -0.1) is 11.3 Å². The van der Waals surface area contributed by atoms with Gasteiger partial charge in [0.1, 0.15) is 4.21 Å². The van der Waals surface area contributed by atoms with Gasteiger partial charge in [-0.3, -0.25) is 9.52 Å². The highest BCUT2D eigenvalue weighted by Gasteiger charge is 2.41. The van der Waals surface area contributed by atoms with E-state index >= 15 is 0 Å². The highest BCUT2D eigenvalue weighted by atomic mass is 32.2. The first kappa shape index (κ1) is 23.3. The molecule has 5 rings (SSSR count).